The molecular formula is C16H17N3O5. The summed E-state index contributed by atoms with van der Waals surface area (Å²) in [5, 5.41) is 15.0. The first-order valence-electron chi connectivity index (χ1n) is 7.60. The van der Waals surface area contributed by atoms with Crippen LogP contribution in [0.25, 0.3) is 0 Å². The van der Waals surface area contributed by atoms with Gasteiger partial charge in [-0.1, -0.05) is 12.1 Å². The number of aromatic nitrogens is 1. The molecule has 1 aliphatic heterocycles. The molecule has 0 aliphatic carbocycles. The quantitative estimate of drug-likeness (QED) is 0.631. The molecule has 0 radical (unpaired) electrons. The van der Waals surface area contributed by atoms with Crippen molar-refractivity contribution < 1.29 is 19.0 Å². The zero-order valence-electron chi connectivity index (χ0n) is 13.6. The second-order valence-corrected chi connectivity index (χ2v) is 5.65. The zero-order chi connectivity index (χ0) is 17.4. The Balaban J connectivity index is 2.07. The van der Waals surface area contributed by atoms with Crippen molar-refractivity contribution in [3.8, 4) is 5.75 Å². The number of carbonyl (C=O) groups excluding carboxylic acids is 1. The number of benzene rings is 1. The van der Waals surface area contributed by atoms with Crippen LogP contribution in [0.3, 0.4) is 0 Å². The largest absolute Gasteiger partial charge is 0.478 e. The van der Waals surface area contributed by atoms with E-state index in [1.54, 1.807) is 13.8 Å². The Morgan fingerprint density at radius 1 is 1.38 bits per heavy atom. The van der Waals surface area contributed by atoms with Gasteiger partial charge >= 0.3 is 0 Å². The molecular weight excluding hydrogens is 314 g/mol. The standard InChI is InChI=1S/C16H17N3O5/c1-4-14-16(20)18(8-12-9(2)17-24-10(12)3)13-7-11(19(21)22)5-6-15(13)23-14/h5-7,14H,4,8H2,1-3H3. The van der Waals surface area contributed by atoms with Gasteiger partial charge in [0.05, 0.1) is 22.8 Å². The first kappa shape index (κ1) is 16.0. The van der Waals surface area contributed by atoms with Crippen LogP contribution in [0.2, 0.25) is 0 Å². The second kappa shape index (κ2) is 5.95. The Hall–Kier alpha value is -2.90. The lowest BCUT2D eigenvalue weighted by atomic mass is 10.1. The lowest BCUT2D eigenvalue weighted by molar-refractivity contribution is -0.384. The summed E-state index contributed by atoms with van der Waals surface area (Å²) < 4.78 is 10.8. The predicted molar refractivity (Wildman–Crippen MR) is 85.0 cm³/mol. The number of hydrogen-bond acceptors (Lipinski definition) is 6. The molecule has 0 bridgehead atoms. The van der Waals surface area contributed by atoms with Crippen molar-refractivity contribution >= 4 is 17.3 Å². The van der Waals surface area contributed by atoms with Crippen LogP contribution in [0.15, 0.2) is 22.7 Å². The molecule has 0 N–H and O–H groups in total. The summed E-state index contributed by atoms with van der Waals surface area (Å²) in [4.78, 5) is 24.8. The number of anilines is 1. The topological polar surface area (TPSA) is 98.7 Å². The van der Waals surface area contributed by atoms with E-state index in [1.165, 1.54) is 23.1 Å². The normalized spacial score (nSPS) is 16.7. The van der Waals surface area contributed by atoms with Crippen LogP contribution in [-0.4, -0.2) is 22.1 Å². The first-order valence-corrected chi connectivity index (χ1v) is 7.60. The van der Waals surface area contributed by atoms with E-state index in [0.717, 1.165) is 5.56 Å². The number of fused-ring (bicyclic) bond motifs is 1. The highest BCUT2D eigenvalue weighted by Gasteiger charge is 2.35. The highest BCUT2D eigenvalue weighted by atomic mass is 16.6. The van der Waals surface area contributed by atoms with Crippen LogP contribution in [-0.2, 0) is 11.3 Å². The number of aryl methyl sites for hydroxylation is 2. The van der Waals surface area contributed by atoms with E-state index in [4.69, 9.17) is 9.26 Å². The molecule has 1 amide bonds. The van der Waals surface area contributed by atoms with Crippen molar-refractivity contribution in [3.63, 3.8) is 0 Å². The average Bonchev–Trinajstić information content (AvgIpc) is 2.88. The molecule has 8 nitrogen and oxygen atoms in total. The average molecular weight is 331 g/mol. The van der Waals surface area contributed by atoms with Gasteiger partial charge in [-0.15, -0.1) is 0 Å². The van der Waals surface area contributed by atoms with Crippen molar-refractivity contribution in [3.05, 3.63) is 45.3 Å². The molecule has 2 aromatic rings. The van der Waals surface area contributed by atoms with Crippen molar-refractivity contribution in [2.45, 2.75) is 39.8 Å². The maximum absolute atomic E-state index is 12.7. The molecule has 0 spiro atoms. The molecule has 1 aromatic carbocycles. The predicted octanol–water partition coefficient (Wildman–Crippen LogP) is 2.90. The Bertz CT molecular complexity index is 795. The minimum absolute atomic E-state index is 0.0936. The van der Waals surface area contributed by atoms with Gasteiger partial charge in [-0.3, -0.25) is 14.9 Å². The third-order valence-electron chi connectivity index (χ3n) is 4.12. The number of non-ortho nitro benzene ring substituents is 1. The van der Waals surface area contributed by atoms with Crippen molar-refractivity contribution in [1.29, 1.82) is 0 Å². The molecule has 1 unspecified atom stereocenters. The fraction of sp³-hybridized carbons (Fsp3) is 0.375. The summed E-state index contributed by atoms with van der Waals surface area (Å²) in [6.07, 6.45) is -0.104. The molecule has 2 heterocycles. The minimum Gasteiger partial charge on any atom is -0.478 e. The summed E-state index contributed by atoms with van der Waals surface area (Å²) >= 11 is 0. The molecule has 1 aliphatic rings. The smallest absolute Gasteiger partial charge is 0.271 e. The van der Waals surface area contributed by atoms with Gasteiger partial charge in [0, 0.05) is 17.7 Å². The Kier molecular flexibility index (Phi) is 3.96. The van der Waals surface area contributed by atoms with Gasteiger partial charge in [-0.2, -0.15) is 0 Å². The monoisotopic (exact) mass is 331 g/mol. The van der Waals surface area contributed by atoms with Crippen molar-refractivity contribution in [1.82, 2.24) is 5.16 Å². The molecule has 24 heavy (non-hydrogen) atoms. The lowest BCUT2D eigenvalue weighted by Gasteiger charge is -2.33. The SMILES string of the molecule is CCC1Oc2ccc([N+](=O)[O-])cc2N(Cc2c(C)noc2C)C1=O. The van der Waals surface area contributed by atoms with Gasteiger partial charge in [0.25, 0.3) is 11.6 Å². The minimum atomic E-state index is -0.612. The van der Waals surface area contributed by atoms with Gasteiger partial charge < -0.3 is 14.2 Å². The summed E-state index contributed by atoms with van der Waals surface area (Å²) in [7, 11) is 0. The Labute approximate surface area is 138 Å². The van der Waals surface area contributed by atoms with E-state index in [2.05, 4.69) is 5.16 Å². The molecule has 0 saturated heterocycles. The van der Waals surface area contributed by atoms with E-state index >= 15 is 0 Å². The third-order valence-corrected chi connectivity index (χ3v) is 4.12. The molecule has 3 rings (SSSR count). The van der Waals surface area contributed by atoms with Crippen molar-refractivity contribution in [2.75, 3.05) is 4.90 Å². The van der Waals surface area contributed by atoms with Crippen LogP contribution in [0, 0.1) is 24.0 Å². The summed E-state index contributed by atoms with van der Waals surface area (Å²) in [5.74, 6) is 0.844. The van der Waals surface area contributed by atoms with E-state index in [1.807, 2.05) is 6.92 Å². The van der Waals surface area contributed by atoms with Crippen LogP contribution in [0.1, 0.15) is 30.4 Å². The van der Waals surface area contributed by atoms with Gasteiger partial charge in [0.2, 0.25) is 0 Å². The highest BCUT2D eigenvalue weighted by molar-refractivity contribution is 6.00. The van der Waals surface area contributed by atoms with Gasteiger partial charge in [-0.05, 0) is 26.3 Å². The second-order valence-electron chi connectivity index (χ2n) is 5.65. The van der Waals surface area contributed by atoms with Gasteiger partial charge in [0.1, 0.15) is 11.5 Å². The Morgan fingerprint density at radius 3 is 2.71 bits per heavy atom. The zero-order valence-corrected chi connectivity index (χ0v) is 13.6. The van der Waals surface area contributed by atoms with E-state index < -0.39 is 11.0 Å². The summed E-state index contributed by atoms with van der Waals surface area (Å²) in [6.45, 7) is 5.65. The number of carbonyl (C=O) groups is 1. The molecule has 0 fully saturated rings. The Morgan fingerprint density at radius 2 is 2.12 bits per heavy atom. The van der Waals surface area contributed by atoms with Gasteiger partial charge in [0.15, 0.2) is 6.10 Å². The maximum Gasteiger partial charge on any atom is 0.271 e. The number of amides is 1. The molecule has 1 aromatic heterocycles. The van der Waals surface area contributed by atoms with Crippen LogP contribution in [0.5, 0.6) is 5.75 Å². The number of hydrogen-bond donors (Lipinski definition) is 0. The summed E-state index contributed by atoms with van der Waals surface area (Å²) in [5.41, 5.74) is 1.77. The van der Waals surface area contributed by atoms with Crippen molar-refractivity contribution in [2.24, 2.45) is 0 Å². The van der Waals surface area contributed by atoms with E-state index in [-0.39, 0.29) is 18.1 Å². The van der Waals surface area contributed by atoms with Crippen LogP contribution >= 0.6 is 0 Å². The number of ether oxygens (including phenoxy) is 1. The molecule has 126 valence electrons. The number of nitro groups is 1. The van der Waals surface area contributed by atoms with Crippen LogP contribution < -0.4 is 9.64 Å². The first-order chi connectivity index (χ1) is 11.4. The maximum atomic E-state index is 12.7. The molecule has 1 atom stereocenters. The van der Waals surface area contributed by atoms with Gasteiger partial charge in [-0.25, -0.2) is 0 Å². The van der Waals surface area contributed by atoms with E-state index in [0.29, 0.717) is 29.3 Å². The summed E-state index contributed by atoms with van der Waals surface area (Å²) in [6, 6.07) is 4.26. The van der Waals surface area contributed by atoms with E-state index in [9.17, 15) is 14.9 Å². The van der Waals surface area contributed by atoms with Crippen LogP contribution in [0.4, 0.5) is 11.4 Å². The fourth-order valence-corrected chi connectivity index (χ4v) is 2.73. The molecule has 8 heteroatoms. The third kappa shape index (κ3) is 2.60. The molecule has 0 saturated carbocycles. The number of rotatable bonds is 4. The fourth-order valence-electron chi connectivity index (χ4n) is 2.73. The number of nitrogens with zero attached hydrogens (tertiary/aromatic N) is 3. The number of nitro benzene ring substituents is 1. The highest BCUT2D eigenvalue weighted by Crippen LogP contribution is 2.38. The lowest BCUT2D eigenvalue weighted by Crippen LogP contribution is -2.45.